The van der Waals surface area contributed by atoms with Crippen LogP contribution >= 0.6 is 23.2 Å². The van der Waals surface area contributed by atoms with Gasteiger partial charge in [-0.15, -0.1) is 0 Å². The fourth-order valence-electron chi connectivity index (χ4n) is 2.34. The van der Waals surface area contributed by atoms with Crippen LogP contribution in [0.3, 0.4) is 0 Å². The van der Waals surface area contributed by atoms with E-state index in [2.05, 4.69) is 10.4 Å². The van der Waals surface area contributed by atoms with Gasteiger partial charge in [-0.05, 0) is 29.8 Å². The summed E-state index contributed by atoms with van der Waals surface area (Å²) in [5, 5.41) is 8.38. The van der Waals surface area contributed by atoms with Crippen molar-refractivity contribution in [2.45, 2.75) is 13.1 Å². The van der Waals surface area contributed by atoms with Gasteiger partial charge in [-0.1, -0.05) is 41.4 Å². The van der Waals surface area contributed by atoms with Gasteiger partial charge in [0.25, 0.3) is 0 Å². The van der Waals surface area contributed by atoms with Crippen molar-refractivity contribution in [2.75, 3.05) is 0 Å². The summed E-state index contributed by atoms with van der Waals surface area (Å²) in [6.07, 6.45) is 1.21. The molecule has 1 N–H and O–H groups in total. The van der Waals surface area contributed by atoms with Crippen LogP contribution < -0.4 is 10.7 Å². The molecular weight excluding hydrogens is 349 g/mol. The molecule has 0 atom stereocenters. The number of carbonyl (C=O) groups excluding carboxylic acids is 1. The van der Waals surface area contributed by atoms with Gasteiger partial charge in [0.2, 0.25) is 11.3 Å². The predicted octanol–water partition coefficient (Wildman–Crippen LogP) is 3.02. The van der Waals surface area contributed by atoms with Gasteiger partial charge in [0.05, 0.1) is 11.7 Å². The molecule has 3 aromatic rings. The Labute approximate surface area is 147 Å². The Bertz CT molecular complexity index is 969. The molecule has 0 aliphatic heterocycles. The van der Waals surface area contributed by atoms with Crippen LogP contribution in [0.2, 0.25) is 10.0 Å². The van der Waals surface area contributed by atoms with E-state index in [1.54, 1.807) is 42.5 Å². The molecule has 0 saturated heterocycles. The number of hydrogen-bond acceptors (Lipinski definition) is 3. The molecule has 1 aromatic heterocycles. The van der Waals surface area contributed by atoms with E-state index in [1.165, 1.54) is 10.9 Å². The van der Waals surface area contributed by atoms with E-state index in [9.17, 15) is 9.59 Å². The molecule has 24 heavy (non-hydrogen) atoms. The second-order valence-corrected chi connectivity index (χ2v) is 6.04. The summed E-state index contributed by atoms with van der Waals surface area (Å²) >= 11 is 11.9. The lowest BCUT2D eigenvalue weighted by Crippen LogP contribution is -2.28. The molecule has 0 aliphatic rings. The Kier molecular flexibility index (Phi) is 4.83. The number of hydrogen-bond donors (Lipinski definition) is 1. The van der Waals surface area contributed by atoms with Crippen LogP contribution in [-0.2, 0) is 17.9 Å². The minimum atomic E-state index is -0.234. The highest BCUT2D eigenvalue weighted by Crippen LogP contribution is 2.20. The van der Waals surface area contributed by atoms with Gasteiger partial charge in [-0.2, -0.15) is 5.10 Å². The largest absolute Gasteiger partial charge is 0.350 e. The number of carbonyl (C=O) groups is 1. The number of aromatic nitrogens is 2. The third-order valence-corrected chi connectivity index (χ3v) is 4.13. The molecule has 0 bridgehead atoms. The highest BCUT2D eigenvalue weighted by molar-refractivity contribution is 6.35. The monoisotopic (exact) mass is 361 g/mol. The van der Waals surface area contributed by atoms with Crippen LogP contribution in [0.5, 0.6) is 0 Å². The molecule has 1 heterocycles. The zero-order chi connectivity index (χ0) is 17.1. The van der Waals surface area contributed by atoms with Gasteiger partial charge in [-0.25, -0.2) is 0 Å². The van der Waals surface area contributed by atoms with Gasteiger partial charge < -0.3 is 5.32 Å². The number of rotatable bonds is 4. The number of fused-ring (bicyclic) bond motifs is 1. The molecule has 0 radical (unpaired) electrons. The average Bonchev–Trinajstić information content (AvgIpc) is 2.57. The Balaban J connectivity index is 1.74. The second kappa shape index (κ2) is 7.03. The normalized spacial score (nSPS) is 10.8. The quantitative estimate of drug-likeness (QED) is 0.776. The van der Waals surface area contributed by atoms with Crippen molar-refractivity contribution in [2.24, 2.45) is 0 Å². The summed E-state index contributed by atoms with van der Waals surface area (Å²) in [5.41, 5.74) is 1.21. The molecule has 5 nitrogen and oxygen atoms in total. The van der Waals surface area contributed by atoms with E-state index in [-0.39, 0.29) is 24.4 Å². The first-order chi connectivity index (χ1) is 11.5. The van der Waals surface area contributed by atoms with E-state index in [1.807, 2.05) is 0 Å². The summed E-state index contributed by atoms with van der Waals surface area (Å²) in [6.45, 7) is 0.291. The number of nitrogens with one attached hydrogen (secondary N) is 1. The van der Waals surface area contributed by atoms with Crippen molar-refractivity contribution in [3.63, 3.8) is 0 Å². The van der Waals surface area contributed by atoms with E-state index >= 15 is 0 Å². The molecule has 0 aliphatic carbocycles. The molecule has 0 saturated carbocycles. The topological polar surface area (TPSA) is 64.0 Å². The molecular formula is C17H13Cl2N3O2. The van der Waals surface area contributed by atoms with Crippen LogP contribution in [-0.4, -0.2) is 15.7 Å². The predicted molar refractivity (Wildman–Crippen MR) is 94.3 cm³/mol. The molecule has 1 amide bonds. The van der Waals surface area contributed by atoms with E-state index in [4.69, 9.17) is 23.2 Å². The molecule has 122 valence electrons. The molecule has 0 fully saturated rings. The van der Waals surface area contributed by atoms with Crippen LogP contribution in [0.4, 0.5) is 0 Å². The third kappa shape index (κ3) is 3.58. The van der Waals surface area contributed by atoms with Crippen molar-refractivity contribution in [1.29, 1.82) is 0 Å². The van der Waals surface area contributed by atoms with Crippen LogP contribution in [0, 0.1) is 0 Å². The van der Waals surface area contributed by atoms with E-state index in [0.717, 1.165) is 5.56 Å². The van der Waals surface area contributed by atoms with Gasteiger partial charge >= 0.3 is 0 Å². The Morgan fingerprint density at radius 2 is 1.96 bits per heavy atom. The van der Waals surface area contributed by atoms with Gasteiger partial charge in [0, 0.05) is 22.0 Å². The Hall–Kier alpha value is -2.37. The summed E-state index contributed by atoms with van der Waals surface area (Å²) in [6, 6.07) is 12.1. The summed E-state index contributed by atoms with van der Waals surface area (Å²) in [5.74, 6) is -0.234. The molecule has 3 rings (SSSR count). The Morgan fingerprint density at radius 3 is 2.75 bits per heavy atom. The third-order valence-electron chi connectivity index (χ3n) is 3.55. The van der Waals surface area contributed by atoms with Crippen molar-refractivity contribution in [3.05, 3.63) is 74.5 Å². The smallest absolute Gasteiger partial charge is 0.242 e. The lowest BCUT2D eigenvalue weighted by atomic mass is 10.2. The number of benzene rings is 2. The fourth-order valence-corrected chi connectivity index (χ4v) is 2.81. The molecule has 0 spiro atoms. The maximum absolute atomic E-state index is 12.2. The fraction of sp³-hybridized carbons (Fsp3) is 0.118. The van der Waals surface area contributed by atoms with Gasteiger partial charge in [0.15, 0.2) is 0 Å². The van der Waals surface area contributed by atoms with Crippen LogP contribution in [0.15, 0.2) is 53.5 Å². The van der Waals surface area contributed by atoms with E-state index < -0.39 is 0 Å². The van der Waals surface area contributed by atoms with Crippen molar-refractivity contribution < 1.29 is 4.79 Å². The molecule has 2 aromatic carbocycles. The summed E-state index contributed by atoms with van der Waals surface area (Å²) < 4.78 is 1.50. The van der Waals surface area contributed by atoms with Gasteiger partial charge in [-0.3, -0.25) is 14.3 Å². The summed E-state index contributed by atoms with van der Waals surface area (Å²) in [4.78, 5) is 24.0. The average molecular weight is 362 g/mol. The number of para-hydroxylation sites is 1. The number of halogens is 2. The summed E-state index contributed by atoms with van der Waals surface area (Å²) in [7, 11) is 0. The van der Waals surface area contributed by atoms with Crippen molar-refractivity contribution in [3.8, 4) is 0 Å². The minimum absolute atomic E-state index is 0.00595. The van der Waals surface area contributed by atoms with Crippen LogP contribution in [0.25, 0.3) is 10.9 Å². The first-order valence-corrected chi connectivity index (χ1v) is 7.95. The maximum atomic E-state index is 12.2. The zero-order valence-corrected chi connectivity index (χ0v) is 14.0. The standard InChI is InChI=1S/C17H13Cl2N3O2/c18-12-6-5-11(14(19)7-12)8-20-17(24)10-22-15-4-2-1-3-13(15)16(23)9-21-22/h1-7,9H,8,10H2,(H,20,24). The molecule has 0 unspecified atom stereocenters. The highest BCUT2D eigenvalue weighted by atomic mass is 35.5. The zero-order valence-electron chi connectivity index (χ0n) is 12.5. The second-order valence-electron chi connectivity index (χ2n) is 5.20. The van der Waals surface area contributed by atoms with Crippen LogP contribution in [0.1, 0.15) is 5.56 Å². The lowest BCUT2D eigenvalue weighted by molar-refractivity contribution is -0.121. The van der Waals surface area contributed by atoms with Crippen molar-refractivity contribution in [1.82, 2.24) is 15.1 Å². The molecule has 7 heteroatoms. The number of amides is 1. The lowest BCUT2D eigenvalue weighted by Gasteiger charge is -2.10. The van der Waals surface area contributed by atoms with Gasteiger partial charge in [0.1, 0.15) is 6.54 Å². The maximum Gasteiger partial charge on any atom is 0.242 e. The minimum Gasteiger partial charge on any atom is -0.350 e. The number of nitrogens with zero attached hydrogens (tertiary/aromatic N) is 2. The first-order valence-electron chi connectivity index (χ1n) is 7.20. The van der Waals surface area contributed by atoms with E-state index in [0.29, 0.717) is 20.9 Å². The Morgan fingerprint density at radius 1 is 1.17 bits per heavy atom. The van der Waals surface area contributed by atoms with Crippen molar-refractivity contribution >= 4 is 40.0 Å². The highest BCUT2D eigenvalue weighted by Gasteiger charge is 2.09. The first kappa shape index (κ1) is 16.5. The SMILES string of the molecule is O=C(Cn1ncc(=O)c2ccccc21)NCc1ccc(Cl)cc1Cl.